The summed E-state index contributed by atoms with van der Waals surface area (Å²) >= 11 is 1.67. The zero-order chi connectivity index (χ0) is 14.2. The maximum Gasteiger partial charge on any atom is 0.191 e. The average Bonchev–Trinajstić information content (AvgIpc) is 2.97. The molecule has 2 rings (SSSR count). The maximum absolute atomic E-state index is 4.64. The summed E-state index contributed by atoms with van der Waals surface area (Å²) in [6, 6.07) is 10.2. The van der Waals surface area contributed by atoms with Crippen LogP contribution in [-0.2, 0) is 6.54 Å². The Hall–Kier alpha value is -1.88. The Bertz CT molecular complexity index is 548. The lowest BCUT2D eigenvalue weighted by Gasteiger charge is -2.09. The number of guanidine groups is 1. The minimum atomic E-state index is 0.687. The first-order chi connectivity index (χ1) is 9.83. The van der Waals surface area contributed by atoms with Crippen LogP contribution in [0.2, 0.25) is 0 Å². The summed E-state index contributed by atoms with van der Waals surface area (Å²) in [6.45, 7) is 3.74. The van der Waals surface area contributed by atoms with Crippen LogP contribution in [0.4, 0.5) is 0 Å². The number of nitrogens with one attached hydrogen (secondary N) is 2. The second kappa shape index (κ2) is 7.65. The molecular formula is C15H20N4S. The molecule has 1 aromatic carbocycles. The van der Waals surface area contributed by atoms with Gasteiger partial charge in [0.15, 0.2) is 5.96 Å². The minimum Gasteiger partial charge on any atom is -0.356 e. The SMILES string of the molecule is CCCNC(=NC)NCc1csc(-c2ccccc2)n1. The van der Waals surface area contributed by atoms with E-state index in [4.69, 9.17) is 0 Å². The van der Waals surface area contributed by atoms with Crippen LogP contribution in [0.5, 0.6) is 0 Å². The van der Waals surface area contributed by atoms with E-state index in [0.29, 0.717) is 6.54 Å². The molecule has 106 valence electrons. The van der Waals surface area contributed by atoms with Crippen molar-refractivity contribution in [3.05, 3.63) is 41.4 Å². The fourth-order valence-electron chi connectivity index (χ4n) is 1.74. The van der Waals surface area contributed by atoms with Crippen molar-refractivity contribution in [1.82, 2.24) is 15.6 Å². The van der Waals surface area contributed by atoms with E-state index >= 15 is 0 Å². The van der Waals surface area contributed by atoms with Crippen LogP contribution < -0.4 is 10.6 Å². The molecule has 0 saturated carbocycles. The first kappa shape index (κ1) is 14.5. The second-order valence-electron chi connectivity index (χ2n) is 4.36. The lowest BCUT2D eigenvalue weighted by atomic mass is 10.2. The molecule has 1 heterocycles. The molecule has 0 amide bonds. The van der Waals surface area contributed by atoms with Crippen molar-refractivity contribution in [2.24, 2.45) is 4.99 Å². The quantitative estimate of drug-likeness (QED) is 0.657. The Balaban J connectivity index is 1.93. The van der Waals surface area contributed by atoms with Gasteiger partial charge in [-0.2, -0.15) is 0 Å². The highest BCUT2D eigenvalue weighted by Gasteiger charge is 2.04. The summed E-state index contributed by atoms with van der Waals surface area (Å²) in [5.74, 6) is 0.820. The Morgan fingerprint density at radius 2 is 2.05 bits per heavy atom. The van der Waals surface area contributed by atoms with Crippen LogP contribution in [0.3, 0.4) is 0 Å². The number of benzene rings is 1. The standard InChI is InChI=1S/C15H20N4S/c1-3-9-17-15(16-2)18-10-13-11-20-14(19-13)12-7-5-4-6-8-12/h4-8,11H,3,9-10H2,1-2H3,(H2,16,17,18). The second-order valence-corrected chi connectivity index (χ2v) is 5.22. The molecule has 1 aromatic heterocycles. The first-order valence-corrected chi connectivity index (χ1v) is 7.65. The largest absolute Gasteiger partial charge is 0.356 e. The van der Waals surface area contributed by atoms with Crippen molar-refractivity contribution < 1.29 is 0 Å². The molecule has 4 nitrogen and oxygen atoms in total. The van der Waals surface area contributed by atoms with Gasteiger partial charge in [-0.3, -0.25) is 4.99 Å². The van der Waals surface area contributed by atoms with Crippen LogP contribution in [0, 0.1) is 0 Å². The molecule has 0 aliphatic carbocycles. The summed E-state index contributed by atoms with van der Waals surface area (Å²) in [4.78, 5) is 8.82. The van der Waals surface area contributed by atoms with Gasteiger partial charge in [-0.1, -0.05) is 37.3 Å². The number of nitrogens with zero attached hydrogens (tertiary/aromatic N) is 2. The Labute approximate surface area is 124 Å². The molecule has 2 aromatic rings. The van der Waals surface area contributed by atoms with Gasteiger partial charge in [0.05, 0.1) is 12.2 Å². The predicted octanol–water partition coefficient (Wildman–Crippen LogP) is 2.89. The summed E-state index contributed by atoms with van der Waals surface area (Å²) < 4.78 is 0. The molecule has 0 fully saturated rings. The van der Waals surface area contributed by atoms with Gasteiger partial charge in [0.2, 0.25) is 0 Å². The zero-order valence-electron chi connectivity index (χ0n) is 11.9. The molecule has 2 N–H and O–H groups in total. The summed E-state index contributed by atoms with van der Waals surface area (Å²) in [7, 11) is 1.78. The average molecular weight is 288 g/mol. The number of aromatic nitrogens is 1. The Morgan fingerprint density at radius 1 is 1.25 bits per heavy atom. The van der Waals surface area contributed by atoms with E-state index in [-0.39, 0.29) is 0 Å². The van der Waals surface area contributed by atoms with E-state index in [1.54, 1.807) is 18.4 Å². The highest BCUT2D eigenvalue weighted by molar-refractivity contribution is 7.13. The van der Waals surface area contributed by atoms with Gasteiger partial charge in [-0.15, -0.1) is 11.3 Å². The Morgan fingerprint density at radius 3 is 2.75 bits per heavy atom. The fourth-order valence-corrected chi connectivity index (χ4v) is 2.57. The first-order valence-electron chi connectivity index (χ1n) is 6.77. The van der Waals surface area contributed by atoms with Crippen LogP contribution in [0.25, 0.3) is 10.6 Å². The van der Waals surface area contributed by atoms with E-state index in [0.717, 1.165) is 35.2 Å². The molecule has 0 spiro atoms. The van der Waals surface area contributed by atoms with Gasteiger partial charge in [-0.25, -0.2) is 4.98 Å². The summed E-state index contributed by atoms with van der Waals surface area (Å²) in [5.41, 5.74) is 2.20. The monoisotopic (exact) mass is 288 g/mol. The van der Waals surface area contributed by atoms with Crippen LogP contribution in [0.15, 0.2) is 40.7 Å². The number of rotatable bonds is 5. The number of hydrogen-bond donors (Lipinski definition) is 2. The normalized spacial score (nSPS) is 11.4. The highest BCUT2D eigenvalue weighted by atomic mass is 32.1. The van der Waals surface area contributed by atoms with Crippen molar-refractivity contribution in [3.63, 3.8) is 0 Å². The van der Waals surface area contributed by atoms with Crippen molar-refractivity contribution in [3.8, 4) is 10.6 Å². The van der Waals surface area contributed by atoms with Gasteiger partial charge in [0.25, 0.3) is 0 Å². The van der Waals surface area contributed by atoms with Crippen molar-refractivity contribution >= 4 is 17.3 Å². The topological polar surface area (TPSA) is 49.3 Å². The van der Waals surface area contributed by atoms with E-state index in [1.165, 1.54) is 0 Å². The molecule has 0 unspecified atom stereocenters. The fraction of sp³-hybridized carbons (Fsp3) is 0.333. The molecular weight excluding hydrogens is 268 g/mol. The molecule has 0 aliphatic heterocycles. The number of aliphatic imine (C=N–C) groups is 1. The van der Waals surface area contributed by atoms with Gasteiger partial charge < -0.3 is 10.6 Å². The zero-order valence-corrected chi connectivity index (χ0v) is 12.7. The minimum absolute atomic E-state index is 0.687. The van der Waals surface area contributed by atoms with Crippen LogP contribution in [0.1, 0.15) is 19.0 Å². The highest BCUT2D eigenvalue weighted by Crippen LogP contribution is 2.22. The summed E-state index contributed by atoms with van der Waals surface area (Å²) in [6.07, 6.45) is 1.08. The molecule has 0 aliphatic rings. The lowest BCUT2D eigenvalue weighted by molar-refractivity contribution is 0.775. The molecule has 20 heavy (non-hydrogen) atoms. The molecule has 5 heteroatoms. The van der Waals surface area contributed by atoms with E-state index in [2.05, 4.69) is 45.0 Å². The van der Waals surface area contributed by atoms with Gasteiger partial charge in [0, 0.05) is 24.5 Å². The predicted molar refractivity (Wildman–Crippen MR) is 86.0 cm³/mol. The van der Waals surface area contributed by atoms with Crippen molar-refractivity contribution in [2.45, 2.75) is 19.9 Å². The third kappa shape index (κ3) is 4.06. The van der Waals surface area contributed by atoms with Gasteiger partial charge in [0.1, 0.15) is 5.01 Å². The third-order valence-corrected chi connectivity index (χ3v) is 3.72. The number of thiazole rings is 1. The maximum atomic E-state index is 4.64. The molecule has 0 bridgehead atoms. The third-order valence-electron chi connectivity index (χ3n) is 2.78. The lowest BCUT2D eigenvalue weighted by Crippen LogP contribution is -2.37. The van der Waals surface area contributed by atoms with Crippen LogP contribution >= 0.6 is 11.3 Å². The van der Waals surface area contributed by atoms with Gasteiger partial charge >= 0.3 is 0 Å². The van der Waals surface area contributed by atoms with Crippen molar-refractivity contribution in [2.75, 3.05) is 13.6 Å². The van der Waals surface area contributed by atoms with E-state index in [9.17, 15) is 0 Å². The van der Waals surface area contributed by atoms with E-state index in [1.807, 2.05) is 18.2 Å². The molecule has 0 saturated heterocycles. The van der Waals surface area contributed by atoms with Crippen LogP contribution in [-0.4, -0.2) is 24.5 Å². The Kier molecular flexibility index (Phi) is 5.55. The van der Waals surface area contributed by atoms with Gasteiger partial charge in [-0.05, 0) is 6.42 Å². The number of hydrogen-bond acceptors (Lipinski definition) is 3. The summed E-state index contributed by atoms with van der Waals surface area (Å²) in [5, 5.41) is 9.65. The molecule has 0 radical (unpaired) electrons. The molecule has 0 atom stereocenters. The smallest absolute Gasteiger partial charge is 0.191 e. The van der Waals surface area contributed by atoms with E-state index < -0.39 is 0 Å². The van der Waals surface area contributed by atoms with Crippen molar-refractivity contribution in [1.29, 1.82) is 0 Å².